The van der Waals surface area contributed by atoms with E-state index < -0.39 is 19.1 Å². The first-order valence-electron chi connectivity index (χ1n) is 3.90. The van der Waals surface area contributed by atoms with Crippen molar-refractivity contribution in [1.82, 2.24) is 0 Å². The maximum Gasteiger partial charge on any atom is 1.00 e. The minimum atomic E-state index is -3.55. The number of alkyl halides is 3. The fourth-order valence-corrected chi connectivity index (χ4v) is 1.26. The predicted octanol–water partition coefficient (Wildman–Crippen LogP) is -3.36. The van der Waals surface area contributed by atoms with Gasteiger partial charge in [-0.1, -0.05) is 0 Å². The monoisotopic (exact) mass is 252 g/mol. The first-order chi connectivity index (χ1) is 6.29. The van der Waals surface area contributed by atoms with Crippen LogP contribution in [-0.4, -0.2) is 40.8 Å². The molecule has 0 aromatic heterocycles. The summed E-state index contributed by atoms with van der Waals surface area (Å²) in [7, 11) is -2.17. The summed E-state index contributed by atoms with van der Waals surface area (Å²) >= 11 is 0. The van der Waals surface area contributed by atoms with Crippen LogP contribution in [0.1, 0.15) is 12.8 Å². The van der Waals surface area contributed by atoms with E-state index in [0.717, 1.165) is 0 Å². The minimum Gasteiger partial charge on any atom is -0.402 e. The van der Waals surface area contributed by atoms with Crippen LogP contribution in [0.4, 0.5) is 13.2 Å². The Morgan fingerprint density at radius 3 is 2.00 bits per heavy atom. The smallest absolute Gasteiger partial charge is 0.402 e. The Balaban J connectivity index is 0.000000346. The summed E-state index contributed by atoms with van der Waals surface area (Å²) in [6.45, 7) is -0.0476. The van der Waals surface area contributed by atoms with Crippen LogP contribution < -0.4 is 51.4 Å². The van der Waals surface area contributed by atoms with E-state index in [-0.39, 0.29) is 64.4 Å². The van der Waals surface area contributed by atoms with E-state index in [4.69, 9.17) is 15.1 Å². The quantitative estimate of drug-likeness (QED) is 0.311. The van der Waals surface area contributed by atoms with Crippen molar-refractivity contribution in [2.75, 3.05) is 6.61 Å². The van der Waals surface area contributed by atoms with Crippen LogP contribution in [0.3, 0.4) is 0 Å². The van der Waals surface area contributed by atoms with Crippen molar-refractivity contribution in [3.8, 4) is 0 Å². The number of fused-ring (bicyclic) bond motifs is 1. The standard InChI is InChI=1S/C6H6F3O.BH3O3.K/c7-5-3-4(5)1-2-10-6(5,8)9;2-1(3)4;/h1-3H2;2-4H;/q-1;;+1. The topological polar surface area (TPSA) is 69.9 Å². The molecule has 1 heterocycles. The van der Waals surface area contributed by atoms with Gasteiger partial charge in [0.05, 0.1) is 5.67 Å². The van der Waals surface area contributed by atoms with Crippen molar-refractivity contribution in [2.24, 2.45) is 0 Å². The van der Waals surface area contributed by atoms with Gasteiger partial charge in [0.1, 0.15) is 0 Å². The van der Waals surface area contributed by atoms with Crippen LogP contribution in [0.5, 0.6) is 0 Å². The second-order valence-corrected chi connectivity index (χ2v) is 3.04. The molecule has 1 aliphatic carbocycles. The summed E-state index contributed by atoms with van der Waals surface area (Å²) in [5.41, 5.74) is -2.40. The van der Waals surface area contributed by atoms with E-state index in [2.05, 4.69) is 4.74 Å². The van der Waals surface area contributed by atoms with E-state index in [1.165, 1.54) is 0 Å². The Morgan fingerprint density at radius 2 is 1.67 bits per heavy atom. The summed E-state index contributed by atoms with van der Waals surface area (Å²) in [5.74, 6) is 0.309. The number of ether oxygens (including phenoxy) is 1. The van der Waals surface area contributed by atoms with E-state index in [9.17, 15) is 13.2 Å². The van der Waals surface area contributed by atoms with E-state index in [1.807, 2.05) is 0 Å². The van der Waals surface area contributed by atoms with E-state index >= 15 is 0 Å². The molecular weight excluding hydrogens is 243 g/mol. The molecule has 0 aromatic rings. The molecule has 1 atom stereocenters. The third-order valence-corrected chi connectivity index (χ3v) is 2.04. The molecule has 0 radical (unpaired) electrons. The molecule has 0 amide bonds. The van der Waals surface area contributed by atoms with Gasteiger partial charge in [-0.25, -0.2) is 0 Å². The molecule has 4 nitrogen and oxygen atoms in total. The van der Waals surface area contributed by atoms with Crippen LogP contribution >= 0.6 is 0 Å². The Bertz CT molecular complexity index is 215. The molecule has 2 rings (SSSR count). The van der Waals surface area contributed by atoms with Gasteiger partial charge in [0.25, 0.3) is 0 Å². The Morgan fingerprint density at radius 1 is 1.20 bits per heavy atom. The molecule has 2 fully saturated rings. The number of halogens is 3. The van der Waals surface area contributed by atoms with Crippen LogP contribution in [-0.2, 0) is 4.74 Å². The molecule has 0 aromatic carbocycles. The third-order valence-electron chi connectivity index (χ3n) is 2.04. The fourth-order valence-electron chi connectivity index (χ4n) is 1.26. The second-order valence-electron chi connectivity index (χ2n) is 3.04. The van der Waals surface area contributed by atoms with Gasteiger partial charge in [-0.05, 0) is 0 Å². The molecule has 3 N–H and O–H groups in total. The molecule has 15 heavy (non-hydrogen) atoms. The predicted molar refractivity (Wildman–Crippen MR) is 39.6 cm³/mol. The zero-order valence-corrected chi connectivity index (χ0v) is 11.2. The molecule has 1 saturated carbocycles. The molecule has 2 aliphatic rings. The molecule has 0 bridgehead atoms. The zero-order valence-electron chi connectivity index (χ0n) is 8.08. The van der Waals surface area contributed by atoms with Crippen molar-refractivity contribution in [1.29, 1.82) is 0 Å². The first kappa shape index (κ1) is 16.3. The Labute approximate surface area is 127 Å². The van der Waals surface area contributed by atoms with Crippen LogP contribution in [0.15, 0.2) is 0 Å². The molecule has 9 heteroatoms. The molecular formula is C6H9BF3KO4. The summed E-state index contributed by atoms with van der Waals surface area (Å²) in [6, 6.07) is 0. The van der Waals surface area contributed by atoms with Gasteiger partial charge in [0.2, 0.25) is 0 Å². The minimum absolute atomic E-state index is 0. The van der Waals surface area contributed by atoms with Gasteiger partial charge in [0.15, 0.2) is 0 Å². The number of hydrogen-bond donors (Lipinski definition) is 3. The van der Waals surface area contributed by atoms with Gasteiger partial charge in [0, 0.05) is 6.61 Å². The maximum atomic E-state index is 12.8. The van der Waals surface area contributed by atoms with Gasteiger partial charge < -0.3 is 19.8 Å². The normalized spacial score (nSPS) is 31.6. The van der Waals surface area contributed by atoms with E-state index in [0.29, 0.717) is 12.3 Å². The fraction of sp³-hybridized carbons (Fsp3) is 0.833. The van der Waals surface area contributed by atoms with Crippen molar-refractivity contribution in [3.05, 3.63) is 5.92 Å². The van der Waals surface area contributed by atoms with Crippen molar-refractivity contribution in [3.63, 3.8) is 0 Å². The summed E-state index contributed by atoms with van der Waals surface area (Å²) in [4.78, 5) is 0. The van der Waals surface area contributed by atoms with Crippen LogP contribution in [0.2, 0.25) is 0 Å². The second kappa shape index (κ2) is 5.78. The maximum absolute atomic E-state index is 12.8. The molecule has 82 valence electrons. The average molecular weight is 252 g/mol. The summed E-state index contributed by atoms with van der Waals surface area (Å²) < 4.78 is 41.6. The van der Waals surface area contributed by atoms with Crippen molar-refractivity contribution < 1.29 is 84.4 Å². The third kappa shape index (κ3) is 3.93. The SMILES string of the molecule is FC1(F)OCC[C-]2CC21F.OB(O)O.[K+]. The zero-order chi connectivity index (χ0) is 11.0. The molecule has 1 saturated heterocycles. The van der Waals surface area contributed by atoms with Gasteiger partial charge in [-0.2, -0.15) is 15.2 Å². The van der Waals surface area contributed by atoms with Crippen molar-refractivity contribution in [2.45, 2.75) is 24.6 Å². The number of rotatable bonds is 0. The van der Waals surface area contributed by atoms with Crippen LogP contribution in [0, 0.1) is 5.92 Å². The summed E-state index contributed by atoms with van der Waals surface area (Å²) in [5, 5.41) is 21.5. The van der Waals surface area contributed by atoms with E-state index in [1.54, 1.807) is 0 Å². The number of hydrogen-bond acceptors (Lipinski definition) is 4. The van der Waals surface area contributed by atoms with Crippen molar-refractivity contribution >= 4 is 7.32 Å². The Kier molecular flexibility index (Phi) is 6.30. The molecule has 1 unspecified atom stereocenters. The van der Waals surface area contributed by atoms with Crippen LogP contribution in [0.25, 0.3) is 0 Å². The average Bonchev–Trinajstić information content (AvgIpc) is 2.61. The largest absolute Gasteiger partial charge is 1.00 e. The Hall–Kier alpha value is 1.33. The molecule has 0 spiro atoms. The first-order valence-corrected chi connectivity index (χ1v) is 3.90. The van der Waals surface area contributed by atoms with Gasteiger partial charge in [-0.3, -0.25) is 10.3 Å². The molecule has 1 aliphatic heterocycles. The van der Waals surface area contributed by atoms with Gasteiger partial charge >= 0.3 is 64.8 Å². The summed E-state index contributed by atoms with van der Waals surface area (Å²) in [6.07, 6.45) is -3.31. The van der Waals surface area contributed by atoms with Gasteiger partial charge in [-0.15, -0.1) is 6.42 Å².